The van der Waals surface area contributed by atoms with Gasteiger partial charge in [-0.15, -0.1) is 5.10 Å². The van der Waals surface area contributed by atoms with Crippen molar-refractivity contribution in [3.63, 3.8) is 0 Å². The van der Waals surface area contributed by atoms with E-state index in [2.05, 4.69) is 14.9 Å². The van der Waals surface area contributed by atoms with E-state index in [9.17, 15) is 4.79 Å². The Hall–Kier alpha value is -2.93. The van der Waals surface area contributed by atoms with Crippen molar-refractivity contribution in [1.82, 2.24) is 9.59 Å². The number of ether oxygens (including phenoxy) is 1. The molecule has 0 aliphatic rings. The first kappa shape index (κ1) is 15.6. The Morgan fingerprint density at radius 1 is 1.24 bits per heavy atom. The third-order valence-corrected chi connectivity index (χ3v) is 4.81. The lowest BCUT2D eigenvalue weighted by molar-refractivity contribution is 0.102. The van der Waals surface area contributed by atoms with Gasteiger partial charge >= 0.3 is 0 Å². The molecule has 25 heavy (non-hydrogen) atoms. The van der Waals surface area contributed by atoms with Crippen molar-refractivity contribution in [3.05, 3.63) is 47.0 Å². The number of carbonyl (C=O) groups is 1. The fourth-order valence-electron chi connectivity index (χ4n) is 2.81. The van der Waals surface area contributed by atoms with Gasteiger partial charge in [0.15, 0.2) is 0 Å². The number of nitrogens with zero attached hydrogens (tertiary/aromatic N) is 2. The van der Waals surface area contributed by atoms with Crippen LogP contribution in [0.1, 0.15) is 22.3 Å². The van der Waals surface area contributed by atoms with Gasteiger partial charge in [-0.05, 0) is 30.1 Å². The van der Waals surface area contributed by atoms with Crippen molar-refractivity contribution in [3.8, 4) is 5.75 Å². The Morgan fingerprint density at radius 2 is 2.08 bits per heavy atom. The van der Waals surface area contributed by atoms with Gasteiger partial charge in [-0.1, -0.05) is 29.6 Å². The Labute approximate surface area is 147 Å². The van der Waals surface area contributed by atoms with Crippen molar-refractivity contribution in [2.24, 2.45) is 0 Å². The van der Waals surface area contributed by atoms with Crippen molar-refractivity contribution in [2.75, 3.05) is 12.4 Å². The van der Waals surface area contributed by atoms with Gasteiger partial charge in [0, 0.05) is 16.8 Å². The van der Waals surface area contributed by atoms with Crippen LogP contribution in [-0.2, 0) is 6.42 Å². The van der Waals surface area contributed by atoms with Crippen LogP contribution in [0.2, 0.25) is 0 Å². The standard InChI is InChI=1S/C18H15N3O3S/c1-3-12-17(25-21-20-12)18(22)19-13-9-15-11(8-16(13)23-2)10-6-4-5-7-14(10)24-15/h4-9H,3H2,1-2H3,(H,19,22). The molecule has 2 aromatic heterocycles. The van der Waals surface area contributed by atoms with Gasteiger partial charge in [-0.25, -0.2) is 0 Å². The Morgan fingerprint density at radius 3 is 2.88 bits per heavy atom. The minimum Gasteiger partial charge on any atom is -0.495 e. The van der Waals surface area contributed by atoms with Gasteiger partial charge in [-0.3, -0.25) is 4.79 Å². The molecule has 0 aliphatic heterocycles. The molecule has 4 aromatic rings. The Balaban J connectivity index is 1.78. The maximum Gasteiger partial charge on any atom is 0.269 e. The summed E-state index contributed by atoms with van der Waals surface area (Å²) < 4.78 is 15.2. The fraction of sp³-hybridized carbons (Fsp3) is 0.167. The zero-order valence-electron chi connectivity index (χ0n) is 13.7. The number of rotatable bonds is 4. The van der Waals surface area contributed by atoms with Crippen LogP contribution in [0.3, 0.4) is 0 Å². The average Bonchev–Trinajstić information content (AvgIpc) is 3.24. The van der Waals surface area contributed by atoms with E-state index in [1.807, 2.05) is 37.3 Å². The lowest BCUT2D eigenvalue weighted by atomic mass is 10.1. The number of nitrogens with one attached hydrogen (secondary N) is 1. The number of amides is 1. The second-order valence-electron chi connectivity index (χ2n) is 5.50. The van der Waals surface area contributed by atoms with Crippen molar-refractivity contribution in [2.45, 2.75) is 13.3 Å². The second kappa shape index (κ2) is 6.18. The first-order valence-electron chi connectivity index (χ1n) is 7.83. The summed E-state index contributed by atoms with van der Waals surface area (Å²) in [5, 5.41) is 8.81. The number of anilines is 1. The van der Waals surface area contributed by atoms with Crippen LogP contribution in [0.4, 0.5) is 5.69 Å². The topological polar surface area (TPSA) is 77.3 Å². The lowest BCUT2D eigenvalue weighted by Gasteiger charge is -2.09. The van der Waals surface area contributed by atoms with Gasteiger partial charge in [0.25, 0.3) is 5.91 Å². The molecule has 1 amide bonds. The van der Waals surface area contributed by atoms with Crippen LogP contribution >= 0.6 is 11.5 Å². The summed E-state index contributed by atoms with van der Waals surface area (Å²) in [5.74, 6) is 0.323. The van der Waals surface area contributed by atoms with E-state index in [1.54, 1.807) is 13.2 Å². The summed E-state index contributed by atoms with van der Waals surface area (Å²) in [7, 11) is 1.57. The number of furan rings is 1. The molecular weight excluding hydrogens is 338 g/mol. The number of hydrogen-bond acceptors (Lipinski definition) is 6. The average molecular weight is 353 g/mol. The summed E-state index contributed by atoms with van der Waals surface area (Å²) in [5.41, 5.74) is 2.72. The molecule has 6 nitrogen and oxygen atoms in total. The highest BCUT2D eigenvalue weighted by Crippen LogP contribution is 2.36. The summed E-state index contributed by atoms with van der Waals surface area (Å²) in [6.45, 7) is 1.94. The predicted octanol–water partition coefficient (Wildman–Crippen LogP) is 4.26. The lowest BCUT2D eigenvalue weighted by Crippen LogP contribution is -2.13. The van der Waals surface area contributed by atoms with Gasteiger partial charge in [0.2, 0.25) is 0 Å². The molecule has 0 fully saturated rings. The van der Waals surface area contributed by atoms with Crippen LogP contribution in [-0.4, -0.2) is 22.6 Å². The van der Waals surface area contributed by atoms with E-state index in [4.69, 9.17) is 9.15 Å². The molecule has 2 heterocycles. The van der Waals surface area contributed by atoms with E-state index in [0.29, 0.717) is 34.0 Å². The molecule has 0 atom stereocenters. The number of methoxy groups -OCH3 is 1. The van der Waals surface area contributed by atoms with Gasteiger partial charge in [0.05, 0.1) is 18.5 Å². The number of benzene rings is 2. The first-order valence-corrected chi connectivity index (χ1v) is 8.60. The maximum absolute atomic E-state index is 12.6. The van der Waals surface area contributed by atoms with E-state index in [1.165, 1.54) is 0 Å². The normalized spacial score (nSPS) is 11.1. The van der Waals surface area contributed by atoms with Gasteiger partial charge in [0.1, 0.15) is 21.8 Å². The molecule has 126 valence electrons. The highest BCUT2D eigenvalue weighted by atomic mass is 32.1. The van der Waals surface area contributed by atoms with E-state index in [0.717, 1.165) is 27.9 Å². The van der Waals surface area contributed by atoms with Gasteiger partial charge in [-0.2, -0.15) is 0 Å². The number of aryl methyl sites for hydroxylation is 1. The van der Waals surface area contributed by atoms with Crippen molar-refractivity contribution < 1.29 is 13.9 Å². The molecule has 0 saturated carbocycles. The molecular formula is C18H15N3O3S. The van der Waals surface area contributed by atoms with Gasteiger partial charge < -0.3 is 14.5 Å². The first-order chi connectivity index (χ1) is 12.2. The summed E-state index contributed by atoms with van der Waals surface area (Å²) in [6.07, 6.45) is 0.652. The quantitative estimate of drug-likeness (QED) is 0.593. The molecule has 0 radical (unpaired) electrons. The predicted molar refractivity (Wildman–Crippen MR) is 97.5 cm³/mol. The molecule has 0 unspecified atom stereocenters. The third-order valence-electron chi connectivity index (χ3n) is 4.04. The van der Waals surface area contributed by atoms with E-state index in [-0.39, 0.29) is 5.91 Å². The van der Waals surface area contributed by atoms with E-state index >= 15 is 0 Å². The zero-order chi connectivity index (χ0) is 17.4. The number of aromatic nitrogens is 2. The Bertz CT molecular complexity index is 1080. The van der Waals surface area contributed by atoms with Crippen molar-refractivity contribution >= 4 is 45.1 Å². The SMILES string of the molecule is CCc1nnsc1C(=O)Nc1cc2oc3ccccc3c2cc1OC. The molecule has 1 N–H and O–H groups in total. The number of fused-ring (bicyclic) bond motifs is 3. The third kappa shape index (κ3) is 2.62. The van der Waals surface area contributed by atoms with E-state index < -0.39 is 0 Å². The largest absolute Gasteiger partial charge is 0.495 e. The smallest absolute Gasteiger partial charge is 0.269 e. The summed E-state index contributed by atoms with van der Waals surface area (Å²) in [4.78, 5) is 13.1. The Kier molecular flexibility index (Phi) is 3.85. The number of carbonyl (C=O) groups excluding carboxylic acids is 1. The molecule has 0 bridgehead atoms. The second-order valence-corrected chi connectivity index (χ2v) is 6.26. The molecule has 0 spiro atoms. The van der Waals surface area contributed by atoms with Crippen LogP contribution in [0.25, 0.3) is 21.9 Å². The molecule has 0 aliphatic carbocycles. The number of hydrogen-bond donors (Lipinski definition) is 1. The summed E-state index contributed by atoms with van der Waals surface area (Å²) >= 11 is 1.08. The minimum absolute atomic E-state index is 0.249. The highest BCUT2D eigenvalue weighted by molar-refractivity contribution is 7.08. The minimum atomic E-state index is -0.249. The number of para-hydroxylation sites is 1. The van der Waals surface area contributed by atoms with Crippen LogP contribution in [0.15, 0.2) is 40.8 Å². The fourth-order valence-corrected chi connectivity index (χ4v) is 3.46. The molecule has 7 heteroatoms. The highest BCUT2D eigenvalue weighted by Gasteiger charge is 2.18. The monoisotopic (exact) mass is 353 g/mol. The van der Waals surface area contributed by atoms with Crippen LogP contribution in [0.5, 0.6) is 5.75 Å². The molecule has 2 aromatic carbocycles. The van der Waals surface area contributed by atoms with Crippen LogP contribution < -0.4 is 10.1 Å². The maximum atomic E-state index is 12.6. The van der Waals surface area contributed by atoms with Crippen molar-refractivity contribution in [1.29, 1.82) is 0 Å². The van der Waals surface area contributed by atoms with Crippen LogP contribution in [0, 0.1) is 0 Å². The molecule has 0 saturated heterocycles. The zero-order valence-corrected chi connectivity index (χ0v) is 14.5. The summed E-state index contributed by atoms with van der Waals surface area (Å²) in [6, 6.07) is 11.5. The molecule has 4 rings (SSSR count).